The highest BCUT2D eigenvalue weighted by Crippen LogP contribution is 2.28. The number of nitrogen functional groups attached to an aromatic ring is 1. The number of nitrogens with zero attached hydrogens (tertiary/aromatic N) is 6. The van der Waals surface area contributed by atoms with Gasteiger partial charge in [0.1, 0.15) is 23.0 Å². The number of hydrogen-bond acceptors (Lipinski definition) is 6. The van der Waals surface area contributed by atoms with E-state index in [4.69, 9.17) is 10.8 Å². The van der Waals surface area contributed by atoms with Crippen LogP contribution in [0.3, 0.4) is 0 Å². The van der Waals surface area contributed by atoms with Gasteiger partial charge in [-0.15, -0.1) is 0 Å². The van der Waals surface area contributed by atoms with Crippen LogP contribution in [0.25, 0.3) is 22.6 Å². The Morgan fingerprint density at radius 1 is 1.23 bits per heavy atom. The highest BCUT2D eigenvalue weighted by atomic mass is 19.1. The first-order chi connectivity index (χ1) is 14.3. The molecular formula is C19H15F2N7O2. The van der Waals surface area contributed by atoms with Crippen LogP contribution in [0.2, 0.25) is 0 Å². The number of carbonyl (C=O) groups is 1. The first-order valence-corrected chi connectivity index (χ1v) is 8.70. The van der Waals surface area contributed by atoms with Crippen LogP contribution >= 0.6 is 0 Å². The van der Waals surface area contributed by atoms with E-state index in [-0.39, 0.29) is 29.6 Å². The molecule has 30 heavy (non-hydrogen) atoms. The lowest BCUT2D eigenvalue weighted by atomic mass is 10.2. The smallest absolute Gasteiger partial charge is 0.411 e. The van der Waals surface area contributed by atoms with Gasteiger partial charge in [0, 0.05) is 12.6 Å². The highest BCUT2D eigenvalue weighted by molar-refractivity contribution is 5.91. The Bertz CT molecular complexity index is 1280. The number of halogens is 2. The number of aromatic nitrogens is 5. The lowest BCUT2D eigenvalue weighted by Crippen LogP contribution is -2.25. The second-order valence-electron chi connectivity index (χ2n) is 6.43. The SMILES string of the molecule is CN(C(=O)O)c1cnc(-c2nn(Cc3ccccc3F)c3ncc(F)cc23)nc1N. The summed E-state index contributed by atoms with van der Waals surface area (Å²) in [7, 11) is 1.30. The fraction of sp³-hybridized carbons (Fsp3) is 0.105. The standard InChI is InChI=1S/C19H15F2N7O2/c1-27(19(29)30)14-8-23-17(25-16(14)22)15-12-6-11(20)7-24-18(12)28(26-15)9-10-4-2-3-5-13(10)21/h2-8H,9H2,1H3,(H,29,30)(H2,22,23,25). The third-order valence-electron chi connectivity index (χ3n) is 4.49. The quantitative estimate of drug-likeness (QED) is 0.529. The molecule has 1 amide bonds. The lowest BCUT2D eigenvalue weighted by molar-refractivity contribution is 0.203. The second kappa shape index (κ2) is 7.35. The maximum absolute atomic E-state index is 14.1. The first-order valence-electron chi connectivity index (χ1n) is 8.70. The minimum Gasteiger partial charge on any atom is -0.465 e. The summed E-state index contributed by atoms with van der Waals surface area (Å²) in [5, 5.41) is 13.8. The third kappa shape index (κ3) is 3.36. The molecule has 0 unspecified atom stereocenters. The van der Waals surface area contributed by atoms with Gasteiger partial charge in [-0.1, -0.05) is 18.2 Å². The van der Waals surface area contributed by atoms with Gasteiger partial charge in [-0.3, -0.25) is 4.90 Å². The summed E-state index contributed by atoms with van der Waals surface area (Å²) in [6.07, 6.45) is 1.04. The number of anilines is 2. The molecule has 3 N–H and O–H groups in total. The normalized spacial score (nSPS) is 11.0. The molecule has 0 spiro atoms. The topological polar surface area (TPSA) is 123 Å². The summed E-state index contributed by atoms with van der Waals surface area (Å²) in [4.78, 5) is 24.3. The van der Waals surface area contributed by atoms with Gasteiger partial charge in [0.15, 0.2) is 17.3 Å². The summed E-state index contributed by atoms with van der Waals surface area (Å²) in [6, 6.07) is 7.43. The Kier molecular flexibility index (Phi) is 4.70. The Morgan fingerprint density at radius 3 is 2.70 bits per heavy atom. The van der Waals surface area contributed by atoms with Crippen LogP contribution in [0.5, 0.6) is 0 Å². The monoisotopic (exact) mass is 411 g/mol. The van der Waals surface area contributed by atoms with E-state index in [0.717, 1.165) is 11.1 Å². The summed E-state index contributed by atoms with van der Waals surface area (Å²) in [5.74, 6) is -1.04. The Hall–Kier alpha value is -4.15. The van der Waals surface area contributed by atoms with E-state index in [2.05, 4.69) is 20.1 Å². The molecule has 4 aromatic rings. The van der Waals surface area contributed by atoms with Gasteiger partial charge in [0.2, 0.25) is 0 Å². The number of nitrogens with two attached hydrogens (primary N) is 1. The van der Waals surface area contributed by atoms with Gasteiger partial charge in [0.25, 0.3) is 0 Å². The number of fused-ring (bicyclic) bond motifs is 1. The van der Waals surface area contributed by atoms with E-state index in [1.165, 1.54) is 30.1 Å². The van der Waals surface area contributed by atoms with Gasteiger partial charge in [-0.05, 0) is 12.1 Å². The lowest BCUT2D eigenvalue weighted by Gasteiger charge is -2.14. The number of rotatable bonds is 4. The number of benzene rings is 1. The molecule has 11 heteroatoms. The van der Waals surface area contributed by atoms with E-state index in [1.807, 2.05) is 0 Å². The van der Waals surface area contributed by atoms with Gasteiger partial charge in [-0.2, -0.15) is 5.10 Å². The Balaban J connectivity index is 1.83. The van der Waals surface area contributed by atoms with Crippen molar-refractivity contribution in [3.8, 4) is 11.5 Å². The number of pyridine rings is 1. The predicted molar refractivity (Wildman–Crippen MR) is 105 cm³/mol. The van der Waals surface area contributed by atoms with Crippen LogP contribution in [-0.4, -0.2) is 43.0 Å². The molecule has 3 heterocycles. The molecular weight excluding hydrogens is 396 g/mol. The molecule has 0 saturated heterocycles. The molecule has 0 atom stereocenters. The van der Waals surface area contributed by atoms with Crippen molar-refractivity contribution in [1.29, 1.82) is 0 Å². The maximum Gasteiger partial charge on any atom is 0.411 e. The molecule has 1 aromatic carbocycles. The van der Waals surface area contributed by atoms with Crippen molar-refractivity contribution in [1.82, 2.24) is 24.7 Å². The molecule has 0 aliphatic carbocycles. The molecule has 0 saturated carbocycles. The maximum atomic E-state index is 14.1. The van der Waals surface area contributed by atoms with E-state index >= 15 is 0 Å². The fourth-order valence-corrected chi connectivity index (χ4v) is 2.96. The molecule has 152 valence electrons. The molecule has 9 nitrogen and oxygen atoms in total. The van der Waals surface area contributed by atoms with Crippen LogP contribution in [0.1, 0.15) is 5.56 Å². The number of hydrogen-bond donors (Lipinski definition) is 2. The van der Waals surface area contributed by atoms with Crippen molar-refractivity contribution in [2.24, 2.45) is 0 Å². The van der Waals surface area contributed by atoms with Crippen molar-refractivity contribution in [3.63, 3.8) is 0 Å². The zero-order valence-electron chi connectivity index (χ0n) is 15.6. The first kappa shape index (κ1) is 19.2. The Morgan fingerprint density at radius 2 is 2.00 bits per heavy atom. The molecule has 0 bridgehead atoms. The van der Waals surface area contributed by atoms with E-state index in [1.54, 1.807) is 18.2 Å². The van der Waals surface area contributed by atoms with Crippen molar-refractivity contribution in [3.05, 3.63) is 59.9 Å². The average molecular weight is 411 g/mol. The van der Waals surface area contributed by atoms with E-state index in [9.17, 15) is 13.6 Å². The number of amides is 1. The van der Waals surface area contributed by atoms with Crippen LogP contribution in [0.15, 0.2) is 42.7 Å². The minimum atomic E-state index is -1.23. The van der Waals surface area contributed by atoms with Gasteiger partial charge in [-0.25, -0.2) is 33.2 Å². The summed E-state index contributed by atoms with van der Waals surface area (Å²) in [5.41, 5.74) is 6.85. The highest BCUT2D eigenvalue weighted by Gasteiger charge is 2.20. The van der Waals surface area contributed by atoms with Crippen LogP contribution in [-0.2, 0) is 6.54 Å². The molecule has 0 aliphatic heterocycles. The molecule has 4 rings (SSSR count). The van der Waals surface area contributed by atoms with Crippen molar-refractivity contribution in [2.75, 3.05) is 17.7 Å². The summed E-state index contributed by atoms with van der Waals surface area (Å²) < 4.78 is 29.4. The van der Waals surface area contributed by atoms with E-state index < -0.39 is 17.7 Å². The second-order valence-corrected chi connectivity index (χ2v) is 6.43. The van der Waals surface area contributed by atoms with Crippen molar-refractivity contribution < 1.29 is 18.7 Å². The Labute approximate surface area is 168 Å². The average Bonchev–Trinajstić information content (AvgIpc) is 3.06. The van der Waals surface area contributed by atoms with Gasteiger partial charge >= 0.3 is 6.09 Å². The van der Waals surface area contributed by atoms with Crippen LogP contribution in [0, 0.1) is 11.6 Å². The zero-order valence-corrected chi connectivity index (χ0v) is 15.6. The van der Waals surface area contributed by atoms with Gasteiger partial charge < -0.3 is 10.8 Å². The minimum absolute atomic E-state index is 0.0527. The molecule has 3 aromatic heterocycles. The molecule has 0 aliphatic rings. The van der Waals surface area contributed by atoms with Crippen molar-refractivity contribution in [2.45, 2.75) is 6.54 Å². The van der Waals surface area contributed by atoms with Crippen molar-refractivity contribution >= 4 is 28.6 Å². The summed E-state index contributed by atoms with van der Waals surface area (Å²) >= 11 is 0. The van der Waals surface area contributed by atoms with Gasteiger partial charge in [0.05, 0.1) is 24.3 Å². The molecule has 0 radical (unpaired) electrons. The predicted octanol–water partition coefficient (Wildman–Crippen LogP) is 2.91. The largest absolute Gasteiger partial charge is 0.465 e. The number of carboxylic acid groups (broad SMARTS) is 1. The van der Waals surface area contributed by atoms with Crippen LogP contribution < -0.4 is 10.6 Å². The summed E-state index contributed by atoms with van der Waals surface area (Å²) in [6.45, 7) is 0.0527. The zero-order chi connectivity index (χ0) is 21.4. The fourth-order valence-electron chi connectivity index (χ4n) is 2.96. The van der Waals surface area contributed by atoms with Crippen LogP contribution in [0.4, 0.5) is 25.1 Å². The molecule has 0 fully saturated rings. The third-order valence-corrected chi connectivity index (χ3v) is 4.49. The van der Waals surface area contributed by atoms with E-state index in [0.29, 0.717) is 16.6 Å².